The van der Waals surface area contributed by atoms with E-state index in [-0.39, 0.29) is 30.4 Å². The first-order valence-electron chi connectivity index (χ1n) is 12.3. The van der Waals surface area contributed by atoms with Gasteiger partial charge in [0.15, 0.2) is 0 Å². The van der Waals surface area contributed by atoms with Crippen LogP contribution in [0.25, 0.3) is 5.69 Å². The van der Waals surface area contributed by atoms with Gasteiger partial charge in [-0.2, -0.15) is 5.10 Å². The second-order valence-electron chi connectivity index (χ2n) is 9.68. The Morgan fingerprint density at radius 1 is 1.03 bits per heavy atom. The number of nitrogens with zero attached hydrogens (tertiary/aromatic N) is 3. The molecule has 3 amide bonds. The zero-order valence-electron chi connectivity index (χ0n) is 22.5. The van der Waals surface area contributed by atoms with Gasteiger partial charge in [0.05, 0.1) is 25.1 Å². The molecule has 0 spiro atoms. The van der Waals surface area contributed by atoms with Crippen molar-refractivity contribution in [1.29, 1.82) is 0 Å². The predicted molar refractivity (Wildman–Crippen MR) is 146 cm³/mol. The summed E-state index contributed by atoms with van der Waals surface area (Å²) in [7, 11) is 3.17. The number of aromatic nitrogens is 2. The first-order chi connectivity index (χ1) is 17.7. The Kier molecular flexibility index (Phi) is 9.30. The molecule has 2 aromatic carbocycles. The van der Waals surface area contributed by atoms with Gasteiger partial charge in [-0.3, -0.25) is 4.79 Å². The third kappa shape index (κ3) is 7.33. The van der Waals surface area contributed by atoms with Crippen molar-refractivity contribution < 1.29 is 19.1 Å². The number of para-hydroxylation sites is 1. The molecular formula is C28H37N5O4. The highest BCUT2D eigenvalue weighted by molar-refractivity contribution is 5.97. The number of nitrogens with one attached hydrogen (secondary N) is 2. The second kappa shape index (κ2) is 12.4. The van der Waals surface area contributed by atoms with Gasteiger partial charge in [-0.1, -0.05) is 45.9 Å². The number of hydrogen-bond donors (Lipinski definition) is 2. The van der Waals surface area contributed by atoms with Gasteiger partial charge >= 0.3 is 6.03 Å². The number of benzene rings is 2. The minimum absolute atomic E-state index is 0.151. The number of rotatable bonds is 10. The van der Waals surface area contributed by atoms with Crippen molar-refractivity contribution in [3.05, 3.63) is 65.9 Å². The average molecular weight is 508 g/mol. The maximum Gasteiger partial charge on any atom is 0.322 e. The summed E-state index contributed by atoms with van der Waals surface area (Å²) in [5, 5.41) is 10.6. The minimum atomic E-state index is -0.368. The molecule has 1 aromatic heterocycles. The number of urea groups is 1. The van der Waals surface area contributed by atoms with Crippen molar-refractivity contribution in [2.45, 2.75) is 39.5 Å². The molecule has 0 saturated heterocycles. The van der Waals surface area contributed by atoms with Crippen LogP contribution < -0.4 is 15.4 Å². The van der Waals surface area contributed by atoms with Crippen LogP contribution in [0.1, 0.15) is 39.0 Å². The molecule has 37 heavy (non-hydrogen) atoms. The molecule has 0 aliphatic rings. The van der Waals surface area contributed by atoms with E-state index in [0.29, 0.717) is 12.4 Å². The van der Waals surface area contributed by atoms with Crippen molar-refractivity contribution in [3.8, 4) is 11.4 Å². The summed E-state index contributed by atoms with van der Waals surface area (Å²) in [6.45, 7) is 8.61. The molecule has 3 aromatic rings. The van der Waals surface area contributed by atoms with Crippen molar-refractivity contribution in [2.24, 2.45) is 0 Å². The molecule has 0 saturated carbocycles. The average Bonchev–Trinajstić information content (AvgIpc) is 3.31. The Morgan fingerprint density at radius 3 is 2.35 bits per heavy atom. The highest BCUT2D eigenvalue weighted by Gasteiger charge is 2.23. The van der Waals surface area contributed by atoms with Crippen LogP contribution in [0.3, 0.4) is 0 Å². The Hall–Kier alpha value is -3.85. The number of ether oxygens (including phenoxy) is 2. The lowest BCUT2D eigenvalue weighted by atomic mass is 9.92. The molecule has 1 heterocycles. The van der Waals surface area contributed by atoms with Crippen LogP contribution in [0.4, 0.5) is 16.3 Å². The molecule has 2 N–H and O–H groups in total. The molecule has 9 nitrogen and oxygen atoms in total. The molecule has 0 aliphatic carbocycles. The first-order valence-corrected chi connectivity index (χ1v) is 12.3. The molecule has 0 fully saturated rings. The maximum absolute atomic E-state index is 13.2. The van der Waals surface area contributed by atoms with Gasteiger partial charge in [-0.05, 0) is 42.3 Å². The lowest BCUT2D eigenvalue weighted by molar-refractivity contribution is -0.116. The van der Waals surface area contributed by atoms with Crippen molar-refractivity contribution in [1.82, 2.24) is 14.7 Å². The number of aryl methyl sites for hydroxylation is 1. The van der Waals surface area contributed by atoms with E-state index in [9.17, 15) is 9.59 Å². The molecule has 0 atom stereocenters. The zero-order chi connectivity index (χ0) is 27.0. The number of methoxy groups -OCH3 is 2. The van der Waals surface area contributed by atoms with Gasteiger partial charge < -0.3 is 25.0 Å². The van der Waals surface area contributed by atoms with Gasteiger partial charge in [0.2, 0.25) is 5.91 Å². The minimum Gasteiger partial charge on any atom is -0.497 e. The number of carbonyl (C=O) groups excluding carboxylic acids is 2. The van der Waals surface area contributed by atoms with Crippen LogP contribution >= 0.6 is 0 Å². The van der Waals surface area contributed by atoms with Gasteiger partial charge in [0, 0.05) is 30.8 Å². The SMILES string of the molecule is CCc1ccccc1NC(=O)N(CCOC)CC(=O)Nc1cc(C(C)(C)C)nn1-c1ccc(OC)cc1. The quantitative estimate of drug-likeness (QED) is 0.408. The van der Waals surface area contributed by atoms with E-state index in [1.165, 1.54) is 4.90 Å². The monoisotopic (exact) mass is 507 g/mol. The van der Waals surface area contributed by atoms with Gasteiger partial charge in [-0.15, -0.1) is 0 Å². The van der Waals surface area contributed by atoms with E-state index < -0.39 is 0 Å². The van der Waals surface area contributed by atoms with Crippen molar-refractivity contribution in [3.63, 3.8) is 0 Å². The smallest absolute Gasteiger partial charge is 0.322 e. The second-order valence-corrected chi connectivity index (χ2v) is 9.68. The van der Waals surface area contributed by atoms with Gasteiger partial charge in [0.1, 0.15) is 18.1 Å². The number of hydrogen-bond acceptors (Lipinski definition) is 5. The molecule has 0 aliphatic heterocycles. The number of amides is 3. The summed E-state index contributed by atoms with van der Waals surface area (Å²) in [5.74, 6) is 0.899. The van der Waals surface area contributed by atoms with Crippen LogP contribution in [0.5, 0.6) is 5.75 Å². The summed E-state index contributed by atoms with van der Waals surface area (Å²) in [4.78, 5) is 27.7. The summed E-state index contributed by atoms with van der Waals surface area (Å²) in [6, 6.07) is 16.5. The highest BCUT2D eigenvalue weighted by Crippen LogP contribution is 2.27. The van der Waals surface area contributed by atoms with E-state index in [2.05, 4.69) is 31.4 Å². The third-order valence-electron chi connectivity index (χ3n) is 5.89. The molecule has 198 valence electrons. The summed E-state index contributed by atoms with van der Waals surface area (Å²) in [6.07, 6.45) is 0.778. The molecule has 3 rings (SSSR count). The molecule has 0 radical (unpaired) electrons. The van der Waals surface area contributed by atoms with Crippen LogP contribution in [0.15, 0.2) is 54.6 Å². The lowest BCUT2D eigenvalue weighted by Crippen LogP contribution is -2.42. The molecule has 9 heteroatoms. The fraction of sp³-hybridized carbons (Fsp3) is 0.393. The number of anilines is 2. The number of carbonyl (C=O) groups is 2. The van der Waals surface area contributed by atoms with E-state index >= 15 is 0 Å². The standard InChI is InChI=1S/C28H37N5O4/c1-7-20-10-8-9-11-23(20)29-27(35)32(16-17-36-5)19-26(34)30-25-18-24(28(2,3)4)31-33(25)21-12-14-22(37-6)15-13-21/h8-15,18H,7,16-17,19H2,1-6H3,(H,29,35)(H,30,34). The van der Waals surface area contributed by atoms with E-state index in [0.717, 1.165) is 34.8 Å². The predicted octanol–water partition coefficient (Wildman–Crippen LogP) is 4.86. The topological polar surface area (TPSA) is 97.7 Å². The van der Waals surface area contributed by atoms with Crippen molar-refractivity contribution in [2.75, 3.05) is 44.5 Å². The maximum atomic E-state index is 13.2. The molecular weight excluding hydrogens is 470 g/mol. The molecule has 0 unspecified atom stereocenters. The largest absolute Gasteiger partial charge is 0.497 e. The first kappa shape index (κ1) is 27.7. The Morgan fingerprint density at radius 2 is 1.73 bits per heavy atom. The van der Waals surface area contributed by atoms with E-state index in [1.807, 2.05) is 61.5 Å². The highest BCUT2D eigenvalue weighted by atomic mass is 16.5. The summed E-state index contributed by atoms with van der Waals surface area (Å²) in [5.41, 5.74) is 3.12. The lowest BCUT2D eigenvalue weighted by Gasteiger charge is -2.23. The summed E-state index contributed by atoms with van der Waals surface area (Å²) >= 11 is 0. The van der Waals surface area contributed by atoms with Gasteiger partial charge in [-0.25, -0.2) is 9.48 Å². The van der Waals surface area contributed by atoms with E-state index in [1.54, 1.807) is 18.9 Å². The fourth-order valence-electron chi connectivity index (χ4n) is 3.71. The van der Waals surface area contributed by atoms with Gasteiger partial charge in [0.25, 0.3) is 0 Å². The summed E-state index contributed by atoms with van der Waals surface area (Å²) < 4.78 is 12.1. The fourth-order valence-corrected chi connectivity index (χ4v) is 3.71. The van der Waals surface area contributed by atoms with Crippen LogP contribution in [0, 0.1) is 0 Å². The van der Waals surface area contributed by atoms with Crippen LogP contribution in [-0.4, -0.2) is 60.5 Å². The Labute approximate surface area is 218 Å². The normalized spacial score (nSPS) is 11.2. The molecule has 0 bridgehead atoms. The Bertz CT molecular complexity index is 1200. The van der Waals surface area contributed by atoms with Crippen LogP contribution in [-0.2, 0) is 21.4 Å². The zero-order valence-corrected chi connectivity index (χ0v) is 22.5. The Balaban J connectivity index is 1.82. The third-order valence-corrected chi connectivity index (χ3v) is 5.89. The van der Waals surface area contributed by atoms with Crippen molar-refractivity contribution >= 4 is 23.4 Å². The van der Waals surface area contributed by atoms with Crippen LogP contribution in [0.2, 0.25) is 0 Å². The van der Waals surface area contributed by atoms with E-state index in [4.69, 9.17) is 14.6 Å².